The van der Waals surface area contributed by atoms with Crippen LogP contribution in [0.4, 0.5) is 17.1 Å². The molecule has 0 N–H and O–H groups in total. The van der Waals surface area contributed by atoms with Crippen LogP contribution < -0.4 is 39.8 Å². The van der Waals surface area contributed by atoms with Crippen LogP contribution in [-0.4, -0.2) is 0 Å². The quantitative estimate of drug-likeness (QED) is 0.168. The van der Waals surface area contributed by atoms with E-state index in [2.05, 4.69) is 77.7 Å². The van der Waals surface area contributed by atoms with Crippen LogP contribution >= 0.6 is 7.14 Å². The van der Waals surface area contributed by atoms with E-state index in [1.807, 2.05) is 97.1 Å². The Morgan fingerprint density at radius 2 is 0.818 bits per heavy atom. The lowest BCUT2D eigenvalue weighted by Crippen LogP contribution is -2.39. The van der Waals surface area contributed by atoms with Crippen LogP contribution in [0.15, 0.2) is 170 Å². The predicted octanol–water partition coefficient (Wildman–Crippen LogP) is 12.2. The Balaban J connectivity index is 1.05. The summed E-state index contributed by atoms with van der Waals surface area (Å²) in [7, 11) is -3.62. The Morgan fingerprint density at radius 3 is 1.56 bits per heavy atom. The summed E-state index contributed by atoms with van der Waals surface area (Å²) in [6.07, 6.45) is 0. The maximum absolute atomic E-state index is 16.5. The fraction of sp³-hybridized carbons (Fsp3) is 0. The molecule has 0 fully saturated rings. The van der Waals surface area contributed by atoms with Gasteiger partial charge >= 0.3 is 0 Å². The third-order valence-corrected chi connectivity index (χ3v) is 14.0. The van der Waals surface area contributed by atoms with Gasteiger partial charge in [0.1, 0.15) is 44.7 Å². The minimum Gasteiger partial charge on any atom is -0.455 e. The highest BCUT2D eigenvalue weighted by molar-refractivity contribution is 7.86. The van der Waals surface area contributed by atoms with Crippen LogP contribution in [0.5, 0.6) is 46.0 Å². The molecule has 0 aromatic heterocycles. The van der Waals surface area contributed by atoms with E-state index in [1.54, 1.807) is 0 Å². The van der Waals surface area contributed by atoms with Crippen molar-refractivity contribution in [2.75, 3.05) is 4.90 Å². The second-order valence-electron chi connectivity index (χ2n) is 14.0. The van der Waals surface area contributed by atoms with Crippen molar-refractivity contribution in [3.8, 4) is 79.4 Å². The van der Waals surface area contributed by atoms with Crippen molar-refractivity contribution in [3.63, 3.8) is 0 Å². The largest absolute Gasteiger partial charge is 0.455 e. The topological polar surface area (TPSA) is 57.2 Å². The van der Waals surface area contributed by atoms with Gasteiger partial charge < -0.3 is 23.5 Å². The zero-order chi connectivity index (χ0) is 36.3. The molecule has 0 bridgehead atoms. The minimum absolute atomic E-state index is 0.487. The van der Waals surface area contributed by atoms with Gasteiger partial charge in [-0.05, 0) is 101 Å². The first kappa shape index (κ1) is 30.5. The van der Waals surface area contributed by atoms with Crippen molar-refractivity contribution in [2.24, 2.45) is 0 Å². The van der Waals surface area contributed by atoms with Crippen LogP contribution in [0, 0.1) is 0 Å². The second-order valence-corrected chi connectivity index (χ2v) is 16.5. The molecule has 4 heterocycles. The van der Waals surface area contributed by atoms with E-state index in [0.717, 1.165) is 50.4 Å². The Kier molecular flexibility index (Phi) is 6.23. The van der Waals surface area contributed by atoms with Gasteiger partial charge in [0.2, 0.25) is 0 Å². The summed E-state index contributed by atoms with van der Waals surface area (Å²) in [5, 5.41) is 1.65. The van der Waals surface area contributed by atoms with E-state index in [9.17, 15) is 0 Å². The summed E-state index contributed by atoms with van der Waals surface area (Å²) in [4.78, 5) is 2.12. The molecule has 0 amide bonds. The van der Waals surface area contributed by atoms with Gasteiger partial charge in [0.15, 0.2) is 24.4 Å². The summed E-state index contributed by atoms with van der Waals surface area (Å²) in [6, 6.07) is 56.7. The maximum Gasteiger partial charge on any atom is 0.193 e. The number of hydrogen-bond donors (Lipinski definition) is 0. The molecule has 55 heavy (non-hydrogen) atoms. The Morgan fingerprint density at radius 1 is 0.345 bits per heavy atom. The molecule has 0 saturated heterocycles. The lowest BCUT2D eigenvalue weighted by atomic mass is 9.96. The highest BCUT2D eigenvalue weighted by atomic mass is 31.2. The van der Waals surface area contributed by atoms with Crippen LogP contribution in [0.2, 0.25) is 0 Å². The van der Waals surface area contributed by atoms with Gasteiger partial charge in [-0.1, -0.05) is 97.1 Å². The van der Waals surface area contributed by atoms with Gasteiger partial charge in [0, 0.05) is 5.56 Å². The Hall–Kier alpha value is -7.01. The van der Waals surface area contributed by atoms with Gasteiger partial charge in [-0.3, -0.25) is 4.90 Å². The molecule has 6 nitrogen and oxygen atoms in total. The molecule has 1 atom stereocenters. The summed E-state index contributed by atoms with van der Waals surface area (Å²) in [6.45, 7) is 0. The summed E-state index contributed by atoms with van der Waals surface area (Å²) >= 11 is 0. The highest BCUT2D eigenvalue weighted by Crippen LogP contribution is 2.67. The molecular weight excluding hydrogens is 702 g/mol. The van der Waals surface area contributed by atoms with E-state index in [-0.39, 0.29) is 0 Å². The van der Waals surface area contributed by atoms with Crippen LogP contribution in [0.1, 0.15) is 0 Å². The first-order chi connectivity index (χ1) is 27.1. The summed E-state index contributed by atoms with van der Waals surface area (Å²) in [5.41, 5.74) is 8.68. The summed E-state index contributed by atoms with van der Waals surface area (Å²) in [5.74, 6) is 4.49. The smallest absolute Gasteiger partial charge is 0.193 e. The third kappa shape index (κ3) is 4.28. The number of anilines is 3. The molecule has 8 aromatic rings. The molecule has 4 aliphatic rings. The zero-order valence-corrected chi connectivity index (χ0v) is 30.0. The molecule has 1 unspecified atom stereocenters. The third-order valence-electron chi connectivity index (χ3n) is 10.9. The van der Waals surface area contributed by atoms with Crippen molar-refractivity contribution in [2.45, 2.75) is 0 Å². The zero-order valence-electron chi connectivity index (χ0n) is 29.1. The predicted molar refractivity (Wildman–Crippen MR) is 217 cm³/mol. The normalized spacial score (nSPS) is 16.0. The van der Waals surface area contributed by atoms with E-state index < -0.39 is 7.14 Å². The average molecular weight is 730 g/mol. The number of benzene rings is 8. The number of hydrogen-bond acceptors (Lipinski definition) is 6. The van der Waals surface area contributed by atoms with Crippen LogP contribution in [0.25, 0.3) is 33.4 Å². The van der Waals surface area contributed by atoms with Crippen molar-refractivity contribution in [3.05, 3.63) is 170 Å². The Labute approximate surface area is 316 Å². The fourth-order valence-electron chi connectivity index (χ4n) is 8.45. The standard InChI is InChI=1S/C48H28NO5P/c50-55-46-40-21-10-22-41(46)53-44-34(33-16-9-15-32(28-33)31-14-8-13-30(27-31)29-11-2-1-3-12-29)23-25-43(47(44)55)54-45-37(24-26-42(52-40)48(45)55)49-35-17-4-6-19-38(35)51-39-20-7-5-18-36(39)49/h1-28H. The van der Waals surface area contributed by atoms with Crippen LogP contribution in [-0.2, 0) is 4.57 Å². The van der Waals surface area contributed by atoms with Gasteiger partial charge in [-0.2, -0.15) is 0 Å². The van der Waals surface area contributed by atoms with Gasteiger partial charge in [-0.15, -0.1) is 0 Å². The molecule has 8 aromatic carbocycles. The van der Waals surface area contributed by atoms with Gasteiger partial charge in [0.25, 0.3) is 0 Å². The highest BCUT2D eigenvalue weighted by Gasteiger charge is 2.54. The van der Waals surface area contributed by atoms with Gasteiger partial charge in [-0.25, -0.2) is 0 Å². The lowest BCUT2D eigenvalue weighted by molar-refractivity contribution is 0.440. The Bertz CT molecular complexity index is 2950. The molecule has 0 aliphatic carbocycles. The van der Waals surface area contributed by atoms with E-state index in [1.165, 1.54) is 0 Å². The molecule has 7 heteroatoms. The molecule has 0 radical (unpaired) electrons. The molecule has 260 valence electrons. The van der Waals surface area contributed by atoms with Gasteiger partial charge in [0.05, 0.1) is 17.1 Å². The van der Waals surface area contributed by atoms with Crippen molar-refractivity contribution < 1.29 is 23.5 Å². The number of rotatable bonds is 4. The number of fused-ring (bicyclic) bond motifs is 2. The second kappa shape index (κ2) is 11.3. The first-order valence-electron chi connectivity index (χ1n) is 18.2. The fourth-order valence-corrected chi connectivity index (χ4v) is 11.7. The van der Waals surface area contributed by atoms with Crippen molar-refractivity contribution >= 4 is 40.1 Å². The maximum atomic E-state index is 16.5. The number of para-hydroxylation sites is 4. The van der Waals surface area contributed by atoms with E-state index in [0.29, 0.717) is 61.9 Å². The molecule has 0 saturated carbocycles. The first-order valence-corrected chi connectivity index (χ1v) is 19.9. The van der Waals surface area contributed by atoms with Crippen molar-refractivity contribution in [1.29, 1.82) is 0 Å². The lowest BCUT2D eigenvalue weighted by Gasteiger charge is -2.41. The SMILES string of the molecule is O=P12c3c4cccc3Oc3c(-c5cccc(-c6cccc(-c7ccccc7)c6)c5)ccc(c31)Oc1c(N3c5ccccc5Oc5ccccc53)ccc(c12)O4. The molecular formula is C48H28NO5P. The van der Waals surface area contributed by atoms with Crippen LogP contribution in [0.3, 0.4) is 0 Å². The van der Waals surface area contributed by atoms with E-state index in [4.69, 9.17) is 18.9 Å². The monoisotopic (exact) mass is 729 g/mol. The number of nitrogens with zero attached hydrogens (tertiary/aromatic N) is 1. The molecule has 4 aliphatic heterocycles. The number of ether oxygens (including phenoxy) is 4. The minimum atomic E-state index is -3.62. The van der Waals surface area contributed by atoms with E-state index >= 15 is 4.57 Å². The molecule has 0 spiro atoms. The summed E-state index contributed by atoms with van der Waals surface area (Å²) < 4.78 is 43.1. The van der Waals surface area contributed by atoms with Crippen molar-refractivity contribution in [1.82, 2.24) is 0 Å². The average Bonchev–Trinajstić information content (AvgIpc) is 3.23. The molecule has 12 rings (SSSR count).